The van der Waals surface area contributed by atoms with Crippen LogP contribution in [-0.4, -0.2) is 31.3 Å². The highest BCUT2D eigenvalue weighted by atomic mass is 16.5. The Morgan fingerprint density at radius 1 is 1.38 bits per heavy atom. The lowest BCUT2D eigenvalue weighted by atomic mass is 10.2. The molecule has 0 amide bonds. The second-order valence-corrected chi connectivity index (χ2v) is 4.38. The number of rotatable bonds is 5. The fraction of sp³-hybridized carbons (Fsp3) is 0.308. The molecule has 0 aliphatic carbocycles. The van der Waals surface area contributed by atoms with E-state index in [2.05, 4.69) is 18.7 Å². The Bertz CT molecular complexity index is 357. The molecule has 1 aromatic carbocycles. The number of quaternary nitrogens is 1. The van der Waals surface area contributed by atoms with E-state index in [1.165, 1.54) is 11.6 Å². The lowest BCUT2D eigenvalue weighted by Crippen LogP contribution is -2.41. The first-order valence-electron chi connectivity index (χ1n) is 5.18. The summed E-state index contributed by atoms with van der Waals surface area (Å²) in [5.74, 6) is -0.376. The molecule has 1 rings (SSSR count). The van der Waals surface area contributed by atoms with Gasteiger partial charge >= 0.3 is 5.97 Å². The van der Waals surface area contributed by atoms with Crippen LogP contribution in [0.15, 0.2) is 43.0 Å². The average molecular weight is 220 g/mol. The molecule has 0 unspecified atom stereocenters. The van der Waals surface area contributed by atoms with E-state index in [1.807, 2.05) is 32.3 Å². The molecule has 0 heterocycles. The van der Waals surface area contributed by atoms with Crippen molar-refractivity contribution >= 4 is 5.97 Å². The molecule has 0 N–H and O–H groups in total. The summed E-state index contributed by atoms with van der Waals surface area (Å²) < 4.78 is 5.64. The third kappa shape index (κ3) is 4.28. The van der Waals surface area contributed by atoms with E-state index in [9.17, 15) is 4.79 Å². The van der Waals surface area contributed by atoms with Crippen molar-refractivity contribution in [2.45, 2.75) is 6.54 Å². The summed E-state index contributed by atoms with van der Waals surface area (Å²) in [6, 6.07) is 10.1. The first-order chi connectivity index (χ1) is 7.53. The van der Waals surface area contributed by atoms with Crippen molar-refractivity contribution in [3.63, 3.8) is 0 Å². The Balaban J connectivity index is 2.51. The summed E-state index contributed by atoms with van der Waals surface area (Å²) in [7, 11) is 4.03. The molecule has 0 fully saturated rings. The van der Waals surface area contributed by atoms with Crippen LogP contribution < -0.4 is 0 Å². The largest absolute Gasteiger partial charge is 0.412 e. The molecular formula is C13H18NO2+. The topological polar surface area (TPSA) is 26.3 Å². The van der Waals surface area contributed by atoms with Crippen molar-refractivity contribution in [2.24, 2.45) is 0 Å². The van der Waals surface area contributed by atoms with Crippen molar-refractivity contribution in [2.75, 3.05) is 20.8 Å². The number of benzene rings is 1. The summed E-state index contributed by atoms with van der Waals surface area (Å²) in [4.78, 5) is 11.0. The second kappa shape index (κ2) is 5.47. The highest BCUT2D eigenvalue weighted by Crippen LogP contribution is 2.08. The molecule has 3 nitrogen and oxygen atoms in total. The Hall–Kier alpha value is -1.61. The highest BCUT2D eigenvalue weighted by Gasteiger charge is 2.17. The van der Waals surface area contributed by atoms with Gasteiger partial charge in [-0.1, -0.05) is 36.9 Å². The van der Waals surface area contributed by atoms with Crippen molar-refractivity contribution in [3.05, 3.63) is 48.6 Å². The van der Waals surface area contributed by atoms with Crippen LogP contribution in [0, 0.1) is 0 Å². The summed E-state index contributed by atoms with van der Waals surface area (Å²) in [5.41, 5.74) is 1.22. The molecule has 0 spiro atoms. The van der Waals surface area contributed by atoms with E-state index in [0.29, 0.717) is 11.2 Å². The quantitative estimate of drug-likeness (QED) is 0.328. The minimum Gasteiger partial charge on any atom is -0.412 e. The molecule has 3 heteroatoms. The van der Waals surface area contributed by atoms with Gasteiger partial charge in [-0.25, -0.2) is 4.79 Å². The number of hydrogen-bond acceptors (Lipinski definition) is 2. The Labute approximate surface area is 96.5 Å². The van der Waals surface area contributed by atoms with Crippen LogP contribution in [0.5, 0.6) is 0 Å². The van der Waals surface area contributed by atoms with E-state index in [1.54, 1.807) is 0 Å². The van der Waals surface area contributed by atoms with Gasteiger partial charge in [-0.05, 0) is 0 Å². The molecule has 1 aromatic rings. The van der Waals surface area contributed by atoms with Crippen LogP contribution in [0.25, 0.3) is 0 Å². The Morgan fingerprint density at radius 2 is 2.00 bits per heavy atom. The van der Waals surface area contributed by atoms with Gasteiger partial charge in [0.15, 0.2) is 0 Å². The number of carbonyl (C=O) groups excluding carboxylic acids is 1. The lowest BCUT2D eigenvalue weighted by Gasteiger charge is -2.28. The first kappa shape index (κ1) is 12.5. The van der Waals surface area contributed by atoms with Crippen LogP contribution >= 0.6 is 0 Å². The van der Waals surface area contributed by atoms with E-state index >= 15 is 0 Å². The smallest absolute Gasteiger partial charge is 0.334 e. The third-order valence-corrected chi connectivity index (χ3v) is 2.18. The number of esters is 1. The summed E-state index contributed by atoms with van der Waals surface area (Å²) in [6.07, 6.45) is 1.18. The van der Waals surface area contributed by atoms with Gasteiger partial charge in [0.05, 0.1) is 14.1 Å². The molecule has 16 heavy (non-hydrogen) atoms. The zero-order valence-electron chi connectivity index (χ0n) is 9.85. The third-order valence-electron chi connectivity index (χ3n) is 2.18. The molecule has 0 aliphatic rings. The van der Waals surface area contributed by atoms with Gasteiger partial charge < -0.3 is 4.74 Å². The van der Waals surface area contributed by atoms with Crippen molar-refractivity contribution < 1.29 is 14.0 Å². The molecule has 0 aliphatic heterocycles. The molecule has 0 saturated heterocycles. The number of ether oxygens (including phenoxy) is 1. The van der Waals surface area contributed by atoms with Gasteiger partial charge in [0, 0.05) is 11.6 Å². The predicted octanol–water partition coefficient (Wildman–Crippen LogP) is 1.95. The van der Waals surface area contributed by atoms with Gasteiger partial charge in [-0.3, -0.25) is 4.48 Å². The minimum absolute atomic E-state index is 0.347. The zero-order valence-corrected chi connectivity index (χ0v) is 9.85. The molecule has 0 atom stereocenters. The van der Waals surface area contributed by atoms with E-state index < -0.39 is 0 Å². The molecule has 0 bridgehead atoms. The molecule has 0 saturated carbocycles. The molecule has 0 aromatic heterocycles. The number of hydrogen-bond donors (Lipinski definition) is 0. The SMILES string of the molecule is C=CC(=O)OC[N+](C)(C)Cc1ccccc1. The van der Waals surface area contributed by atoms with Crippen molar-refractivity contribution in [3.8, 4) is 0 Å². The maximum atomic E-state index is 11.0. The van der Waals surface area contributed by atoms with Crippen molar-refractivity contribution in [1.82, 2.24) is 0 Å². The fourth-order valence-corrected chi connectivity index (χ4v) is 1.42. The maximum Gasteiger partial charge on any atom is 0.334 e. The number of carbonyl (C=O) groups is 1. The van der Waals surface area contributed by atoms with E-state index in [-0.39, 0.29) is 5.97 Å². The van der Waals surface area contributed by atoms with Gasteiger partial charge in [-0.2, -0.15) is 0 Å². The van der Waals surface area contributed by atoms with Crippen molar-refractivity contribution in [1.29, 1.82) is 0 Å². The predicted molar refractivity (Wildman–Crippen MR) is 63.4 cm³/mol. The Kier molecular flexibility index (Phi) is 4.26. The monoisotopic (exact) mass is 220 g/mol. The maximum absolute atomic E-state index is 11.0. The first-order valence-corrected chi connectivity index (χ1v) is 5.18. The lowest BCUT2D eigenvalue weighted by molar-refractivity contribution is -0.920. The standard InChI is InChI=1S/C13H18NO2/c1-4-13(15)16-11-14(2,3)10-12-8-6-5-7-9-12/h4-9H,1,10-11H2,2-3H3/q+1. The normalized spacial score (nSPS) is 10.9. The van der Waals surface area contributed by atoms with Gasteiger partial charge in [0.2, 0.25) is 6.73 Å². The van der Waals surface area contributed by atoms with Crippen LogP contribution in [0.3, 0.4) is 0 Å². The van der Waals surface area contributed by atoms with Gasteiger partial charge in [0.1, 0.15) is 6.54 Å². The highest BCUT2D eigenvalue weighted by molar-refractivity contribution is 5.81. The molecule has 86 valence electrons. The van der Waals surface area contributed by atoms with Crippen LogP contribution in [0.2, 0.25) is 0 Å². The van der Waals surface area contributed by atoms with Crippen LogP contribution in [0.1, 0.15) is 5.56 Å². The van der Waals surface area contributed by atoms with E-state index in [4.69, 9.17) is 4.74 Å². The minimum atomic E-state index is -0.376. The summed E-state index contributed by atoms with van der Waals surface area (Å²) in [6.45, 7) is 4.54. The van der Waals surface area contributed by atoms with Gasteiger partial charge in [-0.15, -0.1) is 0 Å². The van der Waals surface area contributed by atoms with E-state index in [0.717, 1.165) is 6.54 Å². The summed E-state index contributed by atoms with van der Waals surface area (Å²) in [5, 5.41) is 0. The Morgan fingerprint density at radius 3 is 2.56 bits per heavy atom. The molecular weight excluding hydrogens is 202 g/mol. The number of nitrogens with zero attached hydrogens (tertiary/aromatic N) is 1. The fourth-order valence-electron chi connectivity index (χ4n) is 1.42. The zero-order chi connectivity index (χ0) is 12.0. The van der Waals surface area contributed by atoms with Gasteiger partial charge in [0.25, 0.3) is 0 Å². The second-order valence-electron chi connectivity index (χ2n) is 4.38. The molecule has 0 radical (unpaired) electrons. The van der Waals surface area contributed by atoms with Crippen LogP contribution in [-0.2, 0) is 16.1 Å². The average Bonchev–Trinajstić information content (AvgIpc) is 2.27. The summed E-state index contributed by atoms with van der Waals surface area (Å²) >= 11 is 0. The van der Waals surface area contributed by atoms with Crippen LogP contribution in [0.4, 0.5) is 0 Å².